The zero-order valence-corrected chi connectivity index (χ0v) is 10.3. The number of likely N-dealkylation sites (tertiary alicyclic amines) is 1. The summed E-state index contributed by atoms with van der Waals surface area (Å²) < 4.78 is 0. The molecular formula is C12H20N2O3. The van der Waals surface area contributed by atoms with Crippen LogP contribution < -0.4 is 5.32 Å². The molecule has 1 unspecified atom stereocenters. The summed E-state index contributed by atoms with van der Waals surface area (Å²) in [5.74, 6) is -0.199. The van der Waals surface area contributed by atoms with E-state index in [9.17, 15) is 9.59 Å². The highest BCUT2D eigenvalue weighted by molar-refractivity contribution is 5.89. The van der Waals surface area contributed by atoms with Gasteiger partial charge >= 0.3 is 0 Å². The van der Waals surface area contributed by atoms with Gasteiger partial charge in [-0.2, -0.15) is 0 Å². The molecule has 1 aliphatic carbocycles. The maximum Gasteiger partial charge on any atom is 0.225 e. The molecule has 0 bridgehead atoms. The van der Waals surface area contributed by atoms with Crippen molar-refractivity contribution in [3.63, 3.8) is 0 Å². The Labute approximate surface area is 101 Å². The van der Waals surface area contributed by atoms with Crippen molar-refractivity contribution >= 4 is 11.8 Å². The zero-order chi connectivity index (χ0) is 12.6. The van der Waals surface area contributed by atoms with E-state index in [2.05, 4.69) is 5.32 Å². The second kappa shape index (κ2) is 4.64. The van der Waals surface area contributed by atoms with E-state index >= 15 is 0 Å². The average molecular weight is 240 g/mol. The number of carbonyl (C=O) groups is 2. The van der Waals surface area contributed by atoms with Gasteiger partial charge < -0.3 is 15.3 Å². The van der Waals surface area contributed by atoms with E-state index in [0.717, 1.165) is 0 Å². The largest absolute Gasteiger partial charge is 0.393 e. The minimum atomic E-state index is -0.266. The van der Waals surface area contributed by atoms with Crippen LogP contribution in [0.25, 0.3) is 0 Å². The summed E-state index contributed by atoms with van der Waals surface area (Å²) in [6.45, 7) is 4.44. The Morgan fingerprint density at radius 1 is 1.47 bits per heavy atom. The monoisotopic (exact) mass is 240 g/mol. The van der Waals surface area contributed by atoms with E-state index in [4.69, 9.17) is 5.11 Å². The molecular weight excluding hydrogens is 220 g/mol. The van der Waals surface area contributed by atoms with Crippen molar-refractivity contribution in [1.82, 2.24) is 10.2 Å². The summed E-state index contributed by atoms with van der Waals surface area (Å²) in [4.78, 5) is 25.3. The van der Waals surface area contributed by atoms with Crippen molar-refractivity contribution in [2.75, 3.05) is 6.54 Å². The third-order valence-electron chi connectivity index (χ3n) is 3.61. The lowest BCUT2D eigenvalue weighted by Gasteiger charge is -2.32. The molecule has 2 fully saturated rings. The predicted octanol–water partition coefficient (Wildman–Crippen LogP) is -0.117. The van der Waals surface area contributed by atoms with Crippen LogP contribution in [0, 0.1) is 5.92 Å². The minimum absolute atomic E-state index is 0.0431. The number of amides is 2. The summed E-state index contributed by atoms with van der Waals surface area (Å²) in [5.41, 5.74) is 0. The number of hydrogen-bond donors (Lipinski definition) is 2. The van der Waals surface area contributed by atoms with E-state index in [1.165, 1.54) is 0 Å². The molecule has 0 aromatic heterocycles. The van der Waals surface area contributed by atoms with Crippen molar-refractivity contribution in [2.24, 2.45) is 5.92 Å². The molecule has 0 aromatic carbocycles. The Balaban J connectivity index is 1.83. The quantitative estimate of drug-likeness (QED) is 0.722. The van der Waals surface area contributed by atoms with Gasteiger partial charge in [-0.05, 0) is 26.7 Å². The van der Waals surface area contributed by atoms with Crippen LogP contribution in [-0.2, 0) is 9.59 Å². The Morgan fingerprint density at radius 3 is 2.59 bits per heavy atom. The molecule has 2 aliphatic rings. The average Bonchev–Trinajstić information content (AvgIpc) is 2.58. The first-order valence-corrected chi connectivity index (χ1v) is 6.25. The van der Waals surface area contributed by atoms with Crippen LogP contribution in [0.5, 0.6) is 0 Å². The van der Waals surface area contributed by atoms with Gasteiger partial charge in [0.25, 0.3) is 0 Å². The Hall–Kier alpha value is -1.10. The third kappa shape index (κ3) is 2.60. The fourth-order valence-corrected chi connectivity index (χ4v) is 2.43. The van der Waals surface area contributed by atoms with Gasteiger partial charge in [-0.15, -0.1) is 0 Å². The Morgan fingerprint density at radius 2 is 2.12 bits per heavy atom. The molecule has 5 nitrogen and oxygen atoms in total. The van der Waals surface area contributed by atoms with Crippen LogP contribution in [0.1, 0.15) is 33.1 Å². The Kier molecular flexibility index (Phi) is 3.38. The molecule has 17 heavy (non-hydrogen) atoms. The molecule has 1 aliphatic heterocycles. The number of carbonyl (C=O) groups excluding carboxylic acids is 2. The van der Waals surface area contributed by atoms with Gasteiger partial charge in [0.1, 0.15) is 0 Å². The normalized spacial score (nSPS) is 32.8. The second-order valence-corrected chi connectivity index (χ2v) is 5.37. The van der Waals surface area contributed by atoms with Crippen molar-refractivity contribution < 1.29 is 14.7 Å². The molecule has 0 aromatic rings. The lowest BCUT2D eigenvalue weighted by atomic mass is 9.89. The van der Waals surface area contributed by atoms with Crippen LogP contribution in [0.3, 0.4) is 0 Å². The van der Waals surface area contributed by atoms with Crippen LogP contribution in [0.15, 0.2) is 0 Å². The van der Waals surface area contributed by atoms with Gasteiger partial charge in [-0.3, -0.25) is 9.59 Å². The summed E-state index contributed by atoms with van der Waals surface area (Å²) >= 11 is 0. The fraction of sp³-hybridized carbons (Fsp3) is 0.833. The molecule has 1 saturated heterocycles. The van der Waals surface area contributed by atoms with Gasteiger partial charge in [0.2, 0.25) is 11.8 Å². The number of rotatable bonds is 3. The van der Waals surface area contributed by atoms with E-state index in [1.807, 2.05) is 13.8 Å². The summed E-state index contributed by atoms with van der Waals surface area (Å²) in [5, 5.41) is 12.0. The zero-order valence-electron chi connectivity index (χ0n) is 10.3. The standard InChI is InChI=1S/C12H20N2O3/c1-7(2)14-6-8(3-11(14)16)12(17)13-9-4-10(15)5-9/h7-10,15H,3-6H2,1-2H3,(H,13,17). The van der Waals surface area contributed by atoms with Crippen LogP contribution in [0.2, 0.25) is 0 Å². The molecule has 5 heteroatoms. The van der Waals surface area contributed by atoms with E-state index < -0.39 is 0 Å². The number of aliphatic hydroxyl groups excluding tert-OH is 1. The number of nitrogens with zero attached hydrogens (tertiary/aromatic N) is 1. The fourth-order valence-electron chi connectivity index (χ4n) is 2.43. The first-order chi connectivity index (χ1) is 7.97. The highest BCUT2D eigenvalue weighted by Gasteiger charge is 2.37. The molecule has 1 saturated carbocycles. The highest BCUT2D eigenvalue weighted by atomic mass is 16.3. The predicted molar refractivity (Wildman–Crippen MR) is 62.1 cm³/mol. The molecule has 2 amide bonds. The van der Waals surface area contributed by atoms with E-state index in [-0.39, 0.29) is 35.9 Å². The molecule has 0 radical (unpaired) electrons. The maximum absolute atomic E-state index is 11.9. The second-order valence-electron chi connectivity index (χ2n) is 5.37. The Bertz CT molecular complexity index is 324. The molecule has 1 atom stereocenters. The van der Waals surface area contributed by atoms with Gasteiger partial charge in [0.05, 0.1) is 12.0 Å². The molecule has 2 rings (SSSR count). The number of nitrogens with one attached hydrogen (secondary N) is 1. The lowest BCUT2D eigenvalue weighted by Crippen LogP contribution is -2.49. The van der Waals surface area contributed by atoms with Crippen molar-refractivity contribution in [3.8, 4) is 0 Å². The maximum atomic E-state index is 11.9. The topological polar surface area (TPSA) is 69.6 Å². The third-order valence-corrected chi connectivity index (χ3v) is 3.61. The van der Waals surface area contributed by atoms with Crippen LogP contribution in [0.4, 0.5) is 0 Å². The first-order valence-electron chi connectivity index (χ1n) is 6.25. The summed E-state index contributed by atoms with van der Waals surface area (Å²) in [7, 11) is 0. The number of hydrogen-bond acceptors (Lipinski definition) is 3. The van der Waals surface area contributed by atoms with E-state index in [1.54, 1.807) is 4.90 Å². The van der Waals surface area contributed by atoms with Gasteiger partial charge in [0, 0.05) is 25.0 Å². The first kappa shape index (κ1) is 12.4. The minimum Gasteiger partial charge on any atom is -0.393 e. The highest BCUT2D eigenvalue weighted by Crippen LogP contribution is 2.23. The van der Waals surface area contributed by atoms with Crippen molar-refractivity contribution in [3.05, 3.63) is 0 Å². The summed E-state index contributed by atoms with van der Waals surface area (Å²) in [6.07, 6.45) is 1.33. The number of aliphatic hydroxyl groups is 1. The smallest absolute Gasteiger partial charge is 0.225 e. The molecule has 2 N–H and O–H groups in total. The van der Waals surface area contributed by atoms with Crippen molar-refractivity contribution in [2.45, 2.75) is 51.3 Å². The van der Waals surface area contributed by atoms with Crippen LogP contribution in [-0.4, -0.2) is 46.6 Å². The van der Waals surface area contributed by atoms with Gasteiger partial charge in [0.15, 0.2) is 0 Å². The van der Waals surface area contributed by atoms with E-state index in [0.29, 0.717) is 25.8 Å². The summed E-state index contributed by atoms with van der Waals surface area (Å²) in [6, 6.07) is 0.256. The molecule has 96 valence electrons. The SMILES string of the molecule is CC(C)N1CC(C(=O)NC2CC(O)C2)CC1=O. The lowest BCUT2D eigenvalue weighted by molar-refractivity contribution is -0.130. The molecule has 1 heterocycles. The van der Waals surface area contributed by atoms with Crippen molar-refractivity contribution in [1.29, 1.82) is 0 Å². The van der Waals surface area contributed by atoms with Crippen LogP contribution >= 0.6 is 0 Å². The van der Waals surface area contributed by atoms with Gasteiger partial charge in [-0.25, -0.2) is 0 Å². The van der Waals surface area contributed by atoms with Gasteiger partial charge in [-0.1, -0.05) is 0 Å². The molecule has 0 spiro atoms.